The van der Waals surface area contributed by atoms with Gasteiger partial charge >= 0.3 is 0 Å². The number of rotatable bonds is 1. The summed E-state index contributed by atoms with van der Waals surface area (Å²) in [6, 6.07) is 0. The molecule has 1 aromatic heterocycles. The van der Waals surface area contributed by atoms with Crippen LogP contribution in [0.15, 0.2) is 12.4 Å². The van der Waals surface area contributed by atoms with Crippen molar-refractivity contribution in [1.82, 2.24) is 15.3 Å². The predicted molar refractivity (Wildman–Crippen MR) is 61.0 cm³/mol. The zero-order valence-electron chi connectivity index (χ0n) is 9.60. The second-order valence-corrected chi connectivity index (χ2v) is 4.29. The Balaban J connectivity index is 2.46. The molecule has 2 rings (SSSR count). The van der Waals surface area contributed by atoms with Crippen molar-refractivity contribution in [1.29, 1.82) is 0 Å². The van der Waals surface area contributed by atoms with Crippen LogP contribution in [0.3, 0.4) is 0 Å². The molecule has 90 valence electrons. The van der Waals surface area contributed by atoms with Crippen molar-refractivity contribution in [2.45, 2.75) is 19.4 Å². The maximum Gasteiger partial charge on any atom is 0.251 e. The van der Waals surface area contributed by atoms with Crippen molar-refractivity contribution < 1.29 is 9.59 Å². The third kappa shape index (κ3) is 1.79. The summed E-state index contributed by atoms with van der Waals surface area (Å²) in [6.07, 6.45) is 2.93. The minimum Gasteiger partial charge on any atom is -0.381 e. The average molecular weight is 235 g/mol. The number of hydrogen-bond acceptors (Lipinski definition) is 6. The fourth-order valence-electron chi connectivity index (χ4n) is 1.67. The molecule has 0 atom stereocenters. The van der Waals surface area contributed by atoms with Gasteiger partial charge in [0.2, 0.25) is 5.91 Å². The molecule has 0 bridgehead atoms. The normalized spacial score (nSPS) is 19.1. The number of amides is 2. The maximum absolute atomic E-state index is 11.8. The highest BCUT2D eigenvalue weighted by Gasteiger charge is 2.42. The second kappa shape index (κ2) is 3.69. The van der Waals surface area contributed by atoms with Gasteiger partial charge in [0.15, 0.2) is 11.6 Å². The van der Waals surface area contributed by atoms with E-state index in [0.717, 1.165) is 0 Å². The zero-order chi connectivity index (χ0) is 12.6. The molecule has 0 radical (unpaired) electrons. The van der Waals surface area contributed by atoms with Crippen LogP contribution < -0.4 is 16.0 Å². The Hall–Kier alpha value is -2.18. The van der Waals surface area contributed by atoms with Gasteiger partial charge in [0.1, 0.15) is 5.54 Å². The number of carbonyl (C=O) groups is 2. The summed E-state index contributed by atoms with van der Waals surface area (Å²) in [4.78, 5) is 32.7. The van der Waals surface area contributed by atoms with Crippen LogP contribution in [0.5, 0.6) is 0 Å². The van der Waals surface area contributed by atoms with Gasteiger partial charge in [-0.3, -0.25) is 14.9 Å². The van der Waals surface area contributed by atoms with E-state index in [2.05, 4.69) is 15.3 Å². The molecule has 17 heavy (non-hydrogen) atoms. The molecule has 1 aliphatic rings. The number of nitrogens with zero attached hydrogens (tertiary/aromatic N) is 3. The Morgan fingerprint density at radius 2 is 2.00 bits per heavy atom. The first-order chi connectivity index (χ1) is 7.93. The van der Waals surface area contributed by atoms with E-state index in [4.69, 9.17) is 5.73 Å². The minimum absolute atomic E-state index is 0.0294. The van der Waals surface area contributed by atoms with E-state index in [1.165, 1.54) is 12.4 Å². The minimum atomic E-state index is -0.891. The average Bonchev–Trinajstić information content (AvgIpc) is 2.25. The van der Waals surface area contributed by atoms with Crippen molar-refractivity contribution in [3.8, 4) is 0 Å². The van der Waals surface area contributed by atoms with Gasteiger partial charge in [-0.25, -0.2) is 9.97 Å². The lowest BCUT2D eigenvalue weighted by atomic mass is 9.99. The van der Waals surface area contributed by atoms with Crippen molar-refractivity contribution in [2.75, 3.05) is 17.2 Å². The van der Waals surface area contributed by atoms with E-state index in [-0.39, 0.29) is 24.2 Å². The van der Waals surface area contributed by atoms with E-state index >= 15 is 0 Å². The van der Waals surface area contributed by atoms with Gasteiger partial charge in [0, 0.05) is 12.4 Å². The molecule has 0 aliphatic carbocycles. The Kier molecular flexibility index (Phi) is 2.45. The highest BCUT2D eigenvalue weighted by Crippen LogP contribution is 2.27. The van der Waals surface area contributed by atoms with Gasteiger partial charge < -0.3 is 10.6 Å². The van der Waals surface area contributed by atoms with Crippen LogP contribution in [0.4, 0.5) is 11.6 Å². The molecular weight excluding hydrogens is 222 g/mol. The summed E-state index contributed by atoms with van der Waals surface area (Å²) in [5.74, 6) is -0.207. The monoisotopic (exact) mass is 235 g/mol. The largest absolute Gasteiger partial charge is 0.381 e. The molecule has 3 N–H and O–H groups in total. The van der Waals surface area contributed by atoms with Crippen molar-refractivity contribution in [3.63, 3.8) is 0 Å². The molecule has 1 aromatic rings. The van der Waals surface area contributed by atoms with Crippen LogP contribution in [0.25, 0.3) is 0 Å². The quantitative estimate of drug-likeness (QED) is 0.624. The number of nitrogen functional groups attached to an aromatic ring is 1. The Morgan fingerprint density at radius 3 is 2.65 bits per heavy atom. The third-order valence-corrected chi connectivity index (χ3v) is 2.75. The molecule has 1 fully saturated rings. The number of imide groups is 1. The lowest BCUT2D eigenvalue weighted by Crippen LogP contribution is -2.64. The van der Waals surface area contributed by atoms with Crippen molar-refractivity contribution >= 4 is 23.5 Å². The smallest absolute Gasteiger partial charge is 0.251 e. The number of hydrogen-bond donors (Lipinski definition) is 2. The van der Waals surface area contributed by atoms with Crippen LogP contribution in [0.1, 0.15) is 13.8 Å². The molecule has 2 amide bonds. The number of carbonyl (C=O) groups excluding carboxylic acids is 2. The number of aromatic nitrogens is 2. The van der Waals surface area contributed by atoms with Gasteiger partial charge in [0.05, 0.1) is 6.54 Å². The predicted octanol–water partition coefficient (Wildman–Crippen LogP) is -0.700. The van der Waals surface area contributed by atoms with Gasteiger partial charge in [-0.1, -0.05) is 0 Å². The zero-order valence-corrected chi connectivity index (χ0v) is 9.60. The number of piperazine rings is 1. The first-order valence-electron chi connectivity index (χ1n) is 5.11. The third-order valence-electron chi connectivity index (χ3n) is 2.75. The first kappa shape index (κ1) is 11.3. The van der Waals surface area contributed by atoms with Crippen molar-refractivity contribution in [2.24, 2.45) is 0 Å². The molecule has 7 heteroatoms. The van der Waals surface area contributed by atoms with E-state index in [0.29, 0.717) is 5.82 Å². The van der Waals surface area contributed by atoms with Crippen LogP contribution >= 0.6 is 0 Å². The highest BCUT2D eigenvalue weighted by atomic mass is 16.2. The van der Waals surface area contributed by atoms with E-state index in [9.17, 15) is 9.59 Å². The summed E-state index contributed by atoms with van der Waals surface area (Å²) in [5, 5.41) is 2.28. The molecule has 1 aliphatic heterocycles. The Morgan fingerprint density at radius 1 is 1.35 bits per heavy atom. The highest BCUT2D eigenvalue weighted by molar-refractivity contribution is 6.06. The van der Waals surface area contributed by atoms with E-state index < -0.39 is 5.54 Å². The topological polar surface area (TPSA) is 101 Å². The number of anilines is 2. The summed E-state index contributed by atoms with van der Waals surface area (Å²) in [6.45, 7) is 3.42. The lowest BCUT2D eigenvalue weighted by molar-refractivity contribution is -0.135. The van der Waals surface area contributed by atoms with Crippen LogP contribution in [-0.2, 0) is 9.59 Å². The molecule has 0 unspecified atom stereocenters. The van der Waals surface area contributed by atoms with Gasteiger partial charge in [-0.15, -0.1) is 0 Å². The standard InChI is InChI=1S/C10H13N5O2/c1-10(2)9(17)14-6(16)5-15(10)8-7(11)12-3-4-13-8/h3-4H,5H2,1-2H3,(H2,11,12)(H,14,16,17). The van der Waals surface area contributed by atoms with E-state index in [1.54, 1.807) is 18.7 Å². The molecule has 0 saturated carbocycles. The second-order valence-electron chi connectivity index (χ2n) is 4.29. The molecule has 0 aromatic carbocycles. The van der Waals surface area contributed by atoms with Crippen LogP contribution in [0.2, 0.25) is 0 Å². The number of nitrogens with one attached hydrogen (secondary N) is 1. The Bertz CT molecular complexity index is 485. The number of nitrogens with two attached hydrogens (primary N) is 1. The van der Waals surface area contributed by atoms with E-state index in [1.807, 2.05) is 0 Å². The lowest BCUT2D eigenvalue weighted by Gasteiger charge is -2.40. The van der Waals surface area contributed by atoms with Crippen LogP contribution in [0, 0.1) is 0 Å². The fourth-order valence-corrected chi connectivity index (χ4v) is 1.67. The summed E-state index contributed by atoms with van der Waals surface area (Å²) in [5.41, 5.74) is 4.81. The molecule has 1 saturated heterocycles. The van der Waals surface area contributed by atoms with Gasteiger partial charge in [-0.05, 0) is 13.8 Å². The van der Waals surface area contributed by atoms with Crippen LogP contribution in [-0.4, -0.2) is 33.9 Å². The molecular formula is C10H13N5O2. The SMILES string of the molecule is CC1(C)C(=O)NC(=O)CN1c1nccnc1N. The van der Waals surface area contributed by atoms with Crippen molar-refractivity contribution in [3.05, 3.63) is 12.4 Å². The molecule has 0 spiro atoms. The maximum atomic E-state index is 11.8. The fraction of sp³-hybridized carbons (Fsp3) is 0.400. The first-order valence-corrected chi connectivity index (χ1v) is 5.11. The van der Waals surface area contributed by atoms with Gasteiger partial charge in [-0.2, -0.15) is 0 Å². The summed E-state index contributed by atoms with van der Waals surface area (Å²) < 4.78 is 0. The Labute approximate surface area is 98.0 Å². The molecule has 7 nitrogen and oxygen atoms in total. The molecule has 2 heterocycles. The summed E-state index contributed by atoms with van der Waals surface area (Å²) >= 11 is 0. The summed E-state index contributed by atoms with van der Waals surface area (Å²) in [7, 11) is 0. The van der Waals surface area contributed by atoms with Gasteiger partial charge in [0.25, 0.3) is 5.91 Å².